The number of nitrogens with one attached hydrogen (secondary N) is 2. The summed E-state index contributed by atoms with van der Waals surface area (Å²) in [7, 11) is 1.59. The van der Waals surface area contributed by atoms with E-state index in [-0.39, 0.29) is 12.1 Å². The third-order valence-corrected chi connectivity index (χ3v) is 6.42. The first-order valence-corrected chi connectivity index (χ1v) is 11.9. The number of benzene rings is 1. The number of hydrogen-bond acceptors (Lipinski definition) is 8. The molecule has 35 heavy (non-hydrogen) atoms. The number of aromatic nitrogens is 4. The molecule has 1 saturated heterocycles. The number of anilines is 3. The van der Waals surface area contributed by atoms with E-state index in [9.17, 15) is 4.79 Å². The number of fused-ring (bicyclic) bond motifs is 1. The number of carbonyl (C=O) groups excluding carboxylic acids is 1. The van der Waals surface area contributed by atoms with E-state index >= 15 is 0 Å². The van der Waals surface area contributed by atoms with Gasteiger partial charge in [-0.25, -0.2) is 24.7 Å². The molecule has 0 spiro atoms. The smallest absolute Gasteiger partial charge is 0.318 e. The average molecular weight is 475 g/mol. The van der Waals surface area contributed by atoms with Crippen LogP contribution in [0.4, 0.5) is 22.1 Å². The van der Waals surface area contributed by atoms with Gasteiger partial charge in [0.05, 0.1) is 31.5 Å². The number of hydrogen-bond donors (Lipinski definition) is 2. The summed E-state index contributed by atoms with van der Waals surface area (Å²) in [6, 6.07) is 9.59. The highest BCUT2D eigenvalue weighted by molar-refractivity contribution is 5.89. The van der Waals surface area contributed by atoms with Crippen molar-refractivity contribution in [2.45, 2.75) is 32.9 Å². The molecule has 182 valence electrons. The number of rotatable bonds is 4. The molecule has 10 heteroatoms. The van der Waals surface area contributed by atoms with Crippen molar-refractivity contribution in [3.8, 4) is 11.4 Å². The van der Waals surface area contributed by atoms with Crippen LogP contribution in [0.1, 0.15) is 23.9 Å². The molecule has 1 fully saturated rings. The van der Waals surface area contributed by atoms with Gasteiger partial charge < -0.3 is 25.2 Å². The molecule has 2 amide bonds. The SMILES string of the molecule is CNC(=O)Nc1ccc(-c2nc3c(c(N4CCOCC4C)n2)CCN(c2cc(C)ncn2)C3)cc1. The summed E-state index contributed by atoms with van der Waals surface area (Å²) in [6.07, 6.45) is 2.45. The summed E-state index contributed by atoms with van der Waals surface area (Å²) in [5.74, 6) is 2.57. The first kappa shape index (κ1) is 23.0. The molecule has 1 atom stereocenters. The molecule has 5 rings (SSSR count). The zero-order chi connectivity index (χ0) is 24.4. The Kier molecular flexibility index (Phi) is 6.45. The fourth-order valence-electron chi connectivity index (χ4n) is 4.52. The summed E-state index contributed by atoms with van der Waals surface area (Å²) in [5.41, 5.74) is 4.75. The quantitative estimate of drug-likeness (QED) is 0.594. The Morgan fingerprint density at radius 2 is 1.97 bits per heavy atom. The second-order valence-electron chi connectivity index (χ2n) is 8.88. The topological polar surface area (TPSA) is 108 Å². The largest absolute Gasteiger partial charge is 0.377 e. The number of amides is 2. The Morgan fingerprint density at radius 3 is 2.71 bits per heavy atom. The van der Waals surface area contributed by atoms with Crippen molar-refractivity contribution in [3.05, 3.63) is 53.6 Å². The normalized spacial score (nSPS) is 17.6. The minimum Gasteiger partial charge on any atom is -0.377 e. The molecule has 2 aliphatic heterocycles. The lowest BCUT2D eigenvalue weighted by Crippen LogP contribution is -2.45. The first-order valence-electron chi connectivity index (χ1n) is 11.9. The molecule has 2 aromatic heterocycles. The monoisotopic (exact) mass is 474 g/mol. The van der Waals surface area contributed by atoms with Crippen LogP contribution in [0.5, 0.6) is 0 Å². The third kappa shape index (κ3) is 4.88. The molecule has 3 aromatic rings. The van der Waals surface area contributed by atoms with Crippen LogP contribution >= 0.6 is 0 Å². The minimum atomic E-state index is -0.258. The summed E-state index contributed by atoms with van der Waals surface area (Å²) >= 11 is 0. The summed E-state index contributed by atoms with van der Waals surface area (Å²) in [4.78, 5) is 35.0. The molecular formula is C25H30N8O2. The van der Waals surface area contributed by atoms with Crippen molar-refractivity contribution >= 4 is 23.4 Å². The van der Waals surface area contributed by atoms with E-state index in [1.165, 1.54) is 5.56 Å². The van der Waals surface area contributed by atoms with Crippen LogP contribution < -0.4 is 20.4 Å². The zero-order valence-corrected chi connectivity index (χ0v) is 20.3. The summed E-state index contributed by atoms with van der Waals surface area (Å²) in [6.45, 7) is 7.81. The van der Waals surface area contributed by atoms with Gasteiger partial charge in [-0.15, -0.1) is 0 Å². The number of carbonyl (C=O) groups is 1. The molecule has 0 saturated carbocycles. The van der Waals surface area contributed by atoms with Crippen LogP contribution in [0.2, 0.25) is 0 Å². The Hall–Kier alpha value is -3.79. The van der Waals surface area contributed by atoms with Gasteiger partial charge in [-0.2, -0.15) is 0 Å². The molecular weight excluding hydrogens is 444 g/mol. The molecule has 0 bridgehead atoms. The number of nitrogens with zero attached hydrogens (tertiary/aromatic N) is 6. The predicted molar refractivity (Wildman–Crippen MR) is 135 cm³/mol. The third-order valence-electron chi connectivity index (χ3n) is 6.42. The van der Waals surface area contributed by atoms with Crippen molar-refractivity contribution in [3.63, 3.8) is 0 Å². The highest BCUT2D eigenvalue weighted by Crippen LogP contribution is 2.32. The van der Waals surface area contributed by atoms with E-state index < -0.39 is 0 Å². The van der Waals surface area contributed by atoms with Gasteiger partial charge in [0.2, 0.25) is 0 Å². The maximum Gasteiger partial charge on any atom is 0.318 e. The maximum absolute atomic E-state index is 11.6. The minimum absolute atomic E-state index is 0.234. The maximum atomic E-state index is 11.6. The Balaban J connectivity index is 1.52. The van der Waals surface area contributed by atoms with Gasteiger partial charge in [-0.3, -0.25) is 0 Å². The number of aryl methyl sites for hydroxylation is 1. The Bertz CT molecular complexity index is 1220. The molecule has 2 aliphatic rings. The van der Waals surface area contributed by atoms with E-state index in [0.717, 1.165) is 48.1 Å². The molecule has 1 unspecified atom stereocenters. The Morgan fingerprint density at radius 1 is 1.14 bits per heavy atom. The van der Waals surface area contributed by atoms with Gasteiger partial charge in [0.1, 0.15) is 18.0 Å². The van der Waals surface area contributed by atoms with Gasteiger partial charge in [-0.1, -0.05) is 0 Å². The average Bonchev–Trinajstić information content (AvgIpc) is 2.88. The van der Waals surface area contributed by atoms with Crippen molar-refractivity contribution in [1.29, 1.82) is 0 Å². The Labute approximate surface area is 204 Å². The fourth-order valence-corrected chi connectivity index (χ4v) is 4.52. The van der Waals surface area contributed by atoms with E-state index in [1.54, 1.807) is 13.4 Å². The van der Waals surface area contributed by atoms with E-state index in [1.807, 2.05) is 37.3 Å². The van der Waals surface area contributed by atoms with Crippen LogP contribution in [0.25, 0.3) is 11.4 Å². The number of ether oxygens (including phenoxy) is 1. The highest BCUT2D eigenvalue weighted by atomic mass is 16.5. The highest BCUT2D eigenvalue weighted by Gasteiger charge is 2.29. The van der Waals surface area contributed by atoms with Crippen molar-refractivity contribution < 1.29 is 9.53 Å². The molecule has 0 radical (unpaired) electrons. The second-order valence-corrected chi connectivity index (χ2v) is 8.88. The van der Waals surface area contributed by atoms with Gasteiger partial charge in [0.15, 0.2) is 5.82 Å². The van der Waals surface area contributed by atoms with Crippen molar-refractivity contribution in [2.75, 3.05) is 48.5 Å². The van der Waals surface area contributed by atoms with E-state index in [0.29, 0.717) is 31.3 Å². The lowest BCUT2D eigenvalue weighted by Gasteiger charge is -2.38. The lowest BCUT2D eigenvalue weighted by atomic mass is 10.0. The van der Waals surface area contributed by atoms with E-state index in [4.69, 9.17) is 14.7 Å². The van der Waals surface area contributed by atoms with Crippen molar-refractivity contribution in [1.82, 2.24) is 25.3 Å². The zero-order valence-electron chi connectivity index (χ0n) is 20.3. The summed E-state index contributed by atoms with van der Waals surface area (Å²) in [5, 5.41) is 5.34. The van der Waals surface area contributed by atoms with Crippen LogP contribution in [0, 0.1) is 6.92 Å². The first-order chi connectivity index (χ1) is 17.0. The molecule has 1 aromatic carbocycles. The number of morpholine rings is 1. The van der Waals surface area contributed by atoms with Gasteiger partial charge in [0.25, 0.3) is 0 Å². The van der Waals surface area contributed by atoms with Crippen LogP contribution in [-0.4, -0.2) is 65.4 Å². The standard InChI is InChI=1S/C25H30N8O2/c1-16-12-22(28-15-27-16)32-9-8-20-21(13-32)30-23(31-24(20)33-10-11-35-14-17(33)2)18-4-6-19(7-5-18)29-25(34)26-3/h4-7,12,15,17H,8-11,13-14H2,1-3H3,(H2,26,29,34). The van der Waals surface area contributed by atoms with Crippen LogP contribution in [0.15, 0.2) is 36.7 Å². The van der Waals surface area contributed by atoms with E-state index in [2.05, 4.69) is 37.3 Å². The fraction of sp³-hybridized carbons (Fsp3) is 0.400. The van der Waals surface area contributed by atoms with Crippen molar-refractivity contribution in [2.24, 2.45) is 0 Å². The predicted octanol–water partition coefficient (Wildman–Crippen LogP) is 2.78. The van der Waals surface area contributed by atoms with Crippen LogP contribution in [-0.2, 0) is 17.7 Å². The van der Waals surface area contributed by atoms with Crippen LogP contribution in [0.3, 0.4) is 0 Å². The molecule has 4 heterocycles. The number of urea groups is 1. The lowest BCUT2D eigenvalue weighted by molar-refractivity contribution is 0.0984. The van der Waals surface area contributed by atoms with Gasteiger partial charge in [0, 0.05) is 48.7 Å². The molecule has 2 N–H and O–H groups in total. The molecule has 10 nitrogen and oxygen atoms in total. The molecule has 0 aliphatic carbocycles. The summed E-state index contributed by atoms with van der Waals surface area (Å²) < 4.78 is 5.69. The van der Waals surface area contributed by atoms with Gasteiger partial charge >= 0.3 is 6.03 Å². The van der Waals surface area contributed by atoms with Gasteiger partial charge in [-0.05, 0) is 44.5 Å². The second kappa shape index (κ2) is 9.83.